The maximum absolute atomic E-state index is 12.3. The third-order valence-electron chi connectivity index (χ3n) is 3.75. The minimum absolute atomic E-state index is 0.0769. The van der Waals surface area contributed by atoms with Crippen LogP contribution in [0, 0.1) is 5.92 Å². The Morgan fingerprint density at radius 1 is 1.16 bits per heavy atom. The summed E-state index contributed by atoms with van der Waals surface area (Å²) in [6.45, 7) is 4.35. The number of rotatable bonds is 1. The third kappa shape index (κ3) is 1.93. The SMILES string of the molecule is CC1C=C[C@H](C)S[C@]12C=CC(=O)N2c1ccccc1. The van der Waals surface area contributed by atoms with Crippen molar-refractivity contribution >= 4 is 23.4 Å². The van der Waals surface area contributed by atoms with Crippen molar-refractivity contribution in [1.29, 1.82) is 0 Å². The fraction of sp³-hybridized carbons (Fsp3) is 0.312. The second kappa shape index (κ2) is 4.57. The predicted molar refractivity (Wildman–Crippen MR) is 81.2 cm³/mol. The van der Waals surface area contributed by atoms with Gasteiger partial charge in [-0.3, -0.25) is 9.69 Å². The fourth-order valence-electron chi connectivity index (χ4n) is 2.77. The van der Waals surface area contributed by atoms with E-state index in [-0.39, 0.29) is 10.8 Å². The van der Waals surface area contributed by atoms with Crippen LogP contribution in [-0.2, 0) is 4.79 Å². The quantitative estimate of drug-likeness (QED) is 0.727. The lowest BCUT2D eigenvalue weighted by Gasteiger charge is -2.44. The van der Waals surface area contributed by atoms with Crippen molar-refractivity contribution in [3.05, 3.63) is 54.6 Å². The highest BCUT2D eigenvalue weighted by Crippen LogP contribution is 2.49. The topological polar surface area (TPSA) is 20.3 Å². The smallest absolute Gasteiger partial charge is 0.252 e. The van der Waals surface area contributed by atoms with E-state index in [4.69, 9.17) is 0 Å². The van der Waals surface area contributed by atoms with Gasteiger partial charge in [-0.2, -0.15) is 0 Å². The molecule has 1 spiro atoms. The third-order valence-corrected chi connectivity index (χ3v) is 5.34. The Morgan fingerprint density at radius 3 is 2.63 bits per heavy atom. The van der Waals surface area contributed by atoms with E-state index in [0.29, 0.717) is 11.2 Å². The molecule has 0 aliphatic carbocycles. The van der Waals surface area contributed by atoms with Crippen molar-refractivity contribution in [2.24, 2.45) is 5.92 Å². The summed E-state index contributed by atoms with van der Waals surface area (Å²) < 4.78 is 0. The van der Waals surface area contributed by atoms with Gasteiger partial charge in [-0.25, -0.2) is 0 Å². The van der Waals surface area contributed by atoms with E-state index in [9.17, 15) is 4.79 Å². The standard InChI is InChI=1S/C16H17NOS/c1-12-8-9-13(2)19-16(12)11-10-15(18)17(16)14-6-4-3-5-7-14/h3-13H,1-2H3/t12?,13-,16+/m0/s1. The van der Waals surface area contributed by atoms with Crippen LogP contribution in [-0.4, -0.2) is 16.0 Å². The number of para-hydroxylation sites is 1. The molecular formula is C16H17NOS. The molecule has 1 aromatic rings. The zero-order valence-electron chi connectivity index (χ0n) is 11.1. The van der Waals surface area contributed by atoms with Crippen LogP contribution in [0.25, 0.3) is 0 Å². The van der Waals surface area contributed by atoms with Crippen LogP contribution in [0.4, 0.5) is 5.69 Å². The summed E-state index contributed by atoms with van der Waals surface area (Å²) in [6, 6.07) is 9.94. The number of hydrogen-bond donors (Lipinski definition) is 0. The maximum atomic E-state index is 12.3. The van der Waals surface area contributed by atoms with Gasteiger partial charge >= 0.3 is 0 Å². The highest BCUT2D eigenvalue weighted by molar-refractivity contribution is 8.01. The number of amides is 1. The second-order valence-electron chi connectivity index (χ2n) is 5.09. The summed E-state index contributed by atoms with van der Waals surface area (Å²) in [5.74, 6) is 0.379. The lowest BCUT2D eigenvalue weighted by Crippen LogP contribution is -2.50. The number of carbonyl (C=O) groups is 1. The van der Waals surface area contributed by atoms with E-state index in [1.165, 1.54) is 0 Å². The molecule has 2 nitrogen and oxygen atoms in total. The van der Waals surface area contributed by atoms with E-state index in [1.807, 2.05) is 47.0 Å². The normalized spacial score (nSPS) is 33.4. The Balaban J connectivity index is 2.07. The Kier molecular flexibility index (Phi) is 3.02. The van der Waals surface area contributed by atoms with Crippen molar-refractivity contribution in [2.45, 2.75) is 24.0 Å². The van der Waals surface area contributed by atoms with E-state index in [1.54, 1.807) is 6.08 Å². The zero-order valence-corrected chi connectivity index (χ0v) is 11.9. The van der Waals surface area contributed by atoms with Gasteiger partial charge in [-0.15, -0.1) is 11.8 Å². The molecule has 1 unspecified atom stereocenters. The van der Waals surface area contributed by atoms with Gasteiger partial charge in [0.15, 0.2) is 0 Å². The van der Waals surface area contributed by atoms with Crippen molar-refractivity contribution < 1.29 is 4.79 Å². The summed E-state index contributed by atoms with van der Waals surface area (Å²) in [7, 11) is 0. The Bertz CT molecular complexity index is 551. The van der Waals surface area contributed by atoms with Crippen LogP contribution in [0.5, 0.6) is 0 Å². The highest BCUT2D eigenvalue weighted by Gasteiger charge is 2.48. The first-order valence-corrected chi connectivity index (χ1v) is 7.46. The molecule has 3 heteroatoms. The number of thioether (sulfide) groups is 1. The van der Waals surface area contributed by atoms with Crippen molar-refractivity contribution in [2.75, 3.05) is 4.90 Å². The molecule has 0 radical (unpaired) electrons. The summed E-state index contributed by atoms with van der Waals surface area (Å²) >= 11 is 1.84. The monoisotopic (exact) mass is 271 g/mol. The zero-order chi connectivity index (χ0) is 13.5. The highest BCUT2D eigenvalue weighted by atomic mass is 32.2. The molecule has 1 amide bonds. The van der Waals surface area contributed by atoms with Crippen molar-refractivity contribution in [3.8, 4) is 0 Å². The van der Waals surface area contributed by atoms with E-state index >= 15 is 0 Å². The van der Waals surface area contributed by atoms with Crippen LogP contribution in [0.15, 0.2) is 54.6 Å². The van der Waals surface area contributed by atoms with E-state index < -0.39 is 0 Å². The molecule has 2 aliphatic heterocycles. The van der Waals surface area contributed by atoms with Crippen LogP contribution >= 0.6 is 11.8 Å². The lowest BCUT2D eigenvalue weighted by atomic mass is 9.98. The molecule has 0 saturated carbocycles. The van der Waals surface area contributed by atoms with Crippen LogP contribution in [0.1, 0.15) is 13.8 Å². The Labute approximate surface area is 118 Å². The molecule has 2 aliphatic rings. The van der Waals surface area contributed by atoms with E-state index in [2.05, 4.69) is 32.1 Å². The molecule has 19 heavy (non-hydrogen) atoms. The van der Waals surface area contributed by atoms with Crippen molar-refractivity contribution in [3.63, 3.8) is 0 Å². The van der Waals surface area contributed by atoms with E-state index in [0.717, 1.165) is 5.69 Å². The average molecular weight is 271 g/mol. The van der Waals surface area contributed by atoms with Crippen molar-refractivity contribution in [1.82, 2.24) is 0 Å². The molecule has 0 N–H and O–H groups in total. The summed E-state index contributed by atoms with van der Waals surface area (Å²) in [5.41, 5.74) is 0.972. The van der Waals surface area contributed by atoms with Gasteiger partial charge in [0.1, 0.15) is 4.87 Å². The number of carbonyl (C=O) groups excluding carboxylic acids is 1. The molecule has 1 aromatic carbocycles. The molecular weight excluding hydrogens is 254 g/mol. The van der Waals surface area contributed by atoms with Crippen LogP contribution in [0.3, 0.4) is 0 Å². The Morgan fingerprint density at radius 2 is 1.89 bits per heavy atom. The number of hydrogen-bond acceptors (Lipinski definition) is 2. The summed E-state index contributed by atoms with van der Waals surface area (Å²) in [4.78, 5) is 14.0. The molecule has 3 atom stereocenters. The molecule has 3 rings (SSSR count). The van der Waals surface area contributed by atoms with Gasteiger partial charge in [0.25, 0.3) is 5.91 Å². The maximum Gasteiger partial charge on any atom is 0.252 e. The summed E-state index contributed by atoms with van der Waals surface area (Å²) in [6.07, 6.45) is 8.22. The summed E-state index contributed by atoms with van der Waals surface area (Å²) in [5, 5.41) is 0.415. The van der Waals surface area contributed by atoms with Gasteiger partial charge < -0.3 is 0 Å². The second-order valence-corrected chi connectivity index (χ2v) is 6.72. The number of anilines is 1. The molecule has 0 fully saturated rings. The largest absolute Gasteiger partial charge is 0.290 e. The molecule has 0 bridgehead atoms. The first-order valence-electron chi connectivity index (χ1n) is 6.58. The van der Waals surface area contributed by atoms with Gasteiger partial charge in [-0.05, 0) is 25.1 Å². The minimum atomic E-state index is -0.271. The van der Waals surface area contributed by atoms with Crippen LogP contribution < -0.4 is 4.90 Å². The first-order chi connectivity index (χ1) is 9.13. The number of benzene rings is 1. The molecule has 2 heterocycles. The first kappa shape index (κ1) is 12.5. The Hall–Kier alpha value is -1.48. The lowest BCUT2D eigenvalue weighted by molar-refractivity contribution is -0.114. The molecule has 0 saturated heterocycles. The van der Waals surface area contributed by atoms with Gasteiger partial charge in [-0.1, -0.05) is 37.3 Å². The molecule has 98 valence electrons. The predicted octanol–water partition coefficient (Wildman–Crippen LogP) is 3.61. The fourth-order valence-corrected chi connectivity index (χ4v) is 4.28. The average Bonchev–Trinajstić information content (AvgIpc) is 2.73. The van der Waals surface area contributed by atoms with Gasteiger partial charge in [0, 0.05) is 22.9 Å². The number of nitrogens with zero attached hydrogens (tertiary/aromatic N) is 1. The van der Waals surface area contributed by atoms with Crippen LogP contribution in [0.2, 0.25) is 0 Å². The van der Waals surface area contributed by atoms with Gasteiger partial charge in [0.2, 0.25) is 0 Å². The van der Waals surface area contributed by atoms with Gasteiger partial charge in [0.05, 0.1) is 0 Å². The molecule has 0 aromatic heterocycles. The minimum Gasteiger partial charge on any atom is -0.290 e.